The van der Waals surface area contributed by atoms with Crippen molar-refractivity contribution in [1.29, 1.82) is 5.41 Å². The van der Waals surface area contributed by atoms with Gasteiger partial charge >= 0.3 is 0 Å². The van der Waals surface area contributed by atoms with E-state index in [-0.39, 0.29) is 16.1 Å². The highest BCUT2D eigenvalue weighted by atomic mass is 79.9. The lowest BCUT2D eigenvalue weighted by Crippen LogP contribution is -2.24. The molecule has 6 heteroatoms. The van der Waals surface area contributed by atoms with Crippen LogP contribution in [0, 0.1) is 11.2 Å². The number of hydrogen-bond donors (Lipinski definition) is 2. The summed E-state index contributed by atoms with van der Waals surface area (Å²) in [6.45, 7) is 1.72. The molecule has 0 spiro atoms. The fraction of sp³-hybridized carbons (Fsp3) is 0.462. The van der Waals surface area contributed by atoms with Crippen LogP contribution in [0.1, 0.15) is 12.0 Å². The predicted molar refractivity (Wildman–Crippen MR) is 81.6 cm³/mol. The van der Waals surface area contributed by atoms with Crippen molar-refractivity contribution in [2.24, 2.45) is 5.73 Å². The molecule has 0 radical (unpaired) electrons. The summed E-state index contributed by atoms with van der Waals surface area (Å²) in [5.74, 6) is -0.521. The maximum absolute atomic E-state index is 14.2. The van der Waals surface area contributed by atoms with Gasteiger partial charge in [-0.25, -0.2) is 4.39 Å². The van der Waals surface area contributed by atoms with Gasteiger partial charge in [-0.1, -0.05) is 0 Å². The van der Waals surface area contributed by atoms with E-state index >= 15 is 0 Å². The molecule has 0 heterocycles. The smallest absolute Gasteiger partial charge is 0.161 e. The van der Waals surface area contributed by atoms with Gasteiger partial charge < -0.3 is 15.5 Å². The number of nitrogens with one attached hydrogen (secondary N) is 1. The van der Waals surface area contributed by atoms with Gasteiger partial charge in [0, 0.05) is 19.2 Å². The average molecular weight is 331 g/mol. The summed E-state index contributed by atoms with van der Waals surface area (Å²) in [6.07, 6.45) is 0.953. The fourth-order valence-electron chi connectivity index (χ4n) is 1.79. The molecule has 0 fully saturated rings. The number of halogens is 2. The summed E-state index contributed by atoms with van der Waals surface area (Å²) in [6, 6.07) is 3.32. The van der Waals surface area contributed by atoms with Crippen LogP contribution in [0.25, 0.3) is 0 Å². The van der Waals surface area contributed by atoms with Gasteiger partial charge in [-0.05, 0) is 55.1 Å². The third kappa shape index (κ3) is 4.18. The zero-order chi connectivity index (χ0) is 14.6. The van der Waals surface area contributed by atoms with Gasteiger partial charge in [-0.2, -0.15) is 0 Å². The van der Waals surface area contributed by atoms with Crippen molar-refractivity contribution in [3.63, 3.8) is 0 Å². The molecule has 0 atom stereocenters. The van der Waals surface area contributed by atoms with Crippen molar-refractivity contribution in [2.45, 2.75) is 6.42 Å². The monoisotopic (exact) mass is 330 g/mol. The first-order valence-corrected chi connectivity index (χ1v) is 6.82. The second-order valence-corrected chi connectivity index (χ2v) is 5.55. The minimum atomic E-state index is -0.375. The largest absolute Gasteiger partial charge is 0.384 e. The fourth-order valence-corrected chi connectivity index (χ4v) is 2.34. The number of anilines is 1. The quantitative estimate of drug-likeness (QED) is 0.621. The summed E-state index contributed by atoms with van der Waals surface area (Å²) in [4.78, 5) is 3.96. The molecule has 1 rings (SSSR count). The highest BCUT2D eigenvalue weighted by molar-refractivity contribution is 9.10. The van der Waals surface area contributed by atoms with E-state index in [0.29, 0.717) is 11.3 Å². The molecule has 0 aliphatic heterocycles. The SMILES string of the molecule is CN(C)CCCN(C)c1ccc(C(=N)N)c(Br)c1F. The zero-order valence-corrected chi connectivity index (χ0v) is 13.1. The van der Waals surface area contributed by atoms with Crippen molar-refractivity contribution in [2.75, 3.05) is 39.1 Å². The third-order valence-corrected chi connectivity index (χ3v) is 3.64. The second kappa shape index (κ2) is 6.86. The van der Waals surface area contributed by atoms with Gasteiger partial charge in [0.05, 0.1) is 10.2 Å². The van der Waals surface area contributed by atoms with E-state index in [4.69, 9.17) is 11.1 Å². The minimum absolute atomic E-state index is 0.146. The van der Waals surface area contributed by atoms with Gasteiger partial charge in [0.2, 0.25) is 0 Å². The average Bonchev–Trinajstić information content (AvgIpc) is 2.31. The second-order valence-electron chi connectivity index (χ2n) is 4.75. The van der Waals surface area contributed by atoms with Crippen LogP contribution in [0.4, 0.5) is 10.1 Å². The summed E-state index contributed by atoms with van der Waals surface area (Å²) in [7, 11) is 5.88. The van der Waals surface area contributed by atoms with Crippen LogP contribution in [-0.2, 0) is 0 Å². The van der Waals surface area contributed by atoms with Crippen LogP contribution in [0.3, 0.4) is 0 Å². The van der Waals surface area contributed by atoms with Crippen molar-refractivity contribution in [3.05, 3.63) is 28.0 Å². The van der Waals surface area contributed by atoms with Crippen molar-refractivity contribution in [1.82, 2.24) is 4.90 Å². The van der Waals surface area contributed by atoms with Crippen molar-refractivity contribution >= 4 is 27.5 Å². The van der Waals surface area contributed by atoms with E-state index in [1.807, 2.05) is 26.0 Å². The van der Waals surface area contributed by atoms with E-state index in [1.165, 1.54) is 0 Å². The summed E-state index contributed by atoms with van der Waals surface area (Å²) < 4.78 is 14.5. The Kier molecular flexibility index (Phi) is 5.75. The molecular weight excluding hydrogens is 311 g/mol. The molecule has 0 saturated heterocycles. The molecule has 1 aromatic carbocycles. The molecule has 0 bridgehead atoms. The van der Waals surface area contributed by atoms with Crippen LogP contribution >= 0.6 is 15.9 Å². The third-order valence-electron chi connectivity index (χ3n) is 2.86. The maximum Gasteiger partial charge on any atom is 0.161 e. The Morgan fingerprint density at radius 1 is 1.32 bits per heavy atom. The molecule has 0 aromatic heterocycles. The first-order chi connectivity index (χ1) is 8.84. The van der Waals surface area contributed by atoms with E-state index in [9.17, 15) is 4.39 Å². The van der Waals surface area contributed by atoms with Crippen LogP contribution in [0.2, 0.25) is 0 Å². The van der Waals surface area contributed by atoms with Crippen molar-refractivity contribution in [3.8, 4) is 0 Å². The number of hydrogen-bond acceptors (Lipinski definition) is 3. The molecule has 0 saturated carbocycles. The molecule has 4 nitrogen and oxygen atoms in total. The molecule has 0 aliphatic rings. The number of benzene rings is 1. The Hall–Kier alpha value is -1.14. The van der Waals surface area contributed by atoms with Crippen LogP contribution < -0.4 is 10.6 Å². The number of rotatable bonds is 6. The molecule has 0 aliphatic carbocycles. The van der Waals surface area contributed by atoms with Gasteiger partial charge in [0.15, 0.2) is 5.82 Å². The Labute approximate surface area is 122 Å². The lowest BCUT2D eigenvalue weighted by atomic mass is 10.1. The van der Waals surface area contributed by atoms with Crippen LogP contribution in [-0.4, -0.2) is 45.0 Å². The zero-order valence-electron chi connectivity index (χ0n) is 11.5. The van der Waals surface area contributed by atoms with E-state index in [1.54, 1.807) is 12.1 Å². The number of amidine groups is 1. The van der Waals surface area contributed by atoms with Crippen molar-refractivity contribution < 1.29 is 4.39 Å². The Bertz CT molecular complexity index is 462. The Morgan fingerprint density at radius 2 is 1.95 bits per heavy atom. The molecule has 0 unspecified atom stereocenters. The highest BCUT2D eigenvalue weighted by Gasteiger charge is 2.15. The summed E-state index contributed by atoms with van der Waals surface area (Å²) in [5, 5.41) is 7.37. The Balaban J connectivity index is 2.84. The lowest BCUT2D eigenvalue weighted by Gasteiger charge is -2.22. The Morgan fingerprint density at radius 3 is 2.47 bits per heavy atom. The molecule has 1 aromatic rings. The van der Waals surface area contributed by atoms with Gasteiger partial charge in [0.1, 0.15) is 5.84 Å². The van der Waals surface area contributed by atoms with Gasteiger partial charge in [-0.3, -0.25) is 5.41 Å². The van der Waals surface area contributed by atoms with Gasteiger partial charge in [0.25, 0.3) is 0 Å². The summed E-state index contributed by atoms with van der Waals surface area (Å²) >= 11 is 3.16. The maximum atomic E-state index is 14.2. The molecule has 3 N–H and O–H groups in total. The first kappa shape index (κ1) is 15.9. The molecular formula is C13H20BrFN4. The standard InChI is InChI=1S/C13H20BrFN4/c1-18(2)7-4-8-19(3)10-6-5-9(13(16)17)11(14)12(10)15/h5-6H,4,7-8H2,1-3H3,(H3,16,17). The number of nitrogens with zero attached hydrogens (tertiary/aromatic N) is 2. The minimum Gasteiger partial charge on any atom is -0.384 e. The van der Waals surface area contributed by atoms with Gasteiger partial charge in [-0.15, -0.1) is 0 Å². The van der Waals surface area contributed by atoms with Crippen LogP contribution in [0.15, 0.2) is 16.6 Å². The van der Waals surface area contributed by atoms with E-state index in [0.717, 1.165) is 19.5 Å². The highest BCUT2D eigenvalue weighted by Crippen LogP contribution is 2.28. The van der Waals surface area contributed by atoms with E-state index in [2.05, 4.69) is 20.8 Å². The van der Waals surface area contributed by atoms with Crippen LogP contribution in [0.5, 0.6) is 0 Å². The van der Waals surface area contributed by atoms with E-state index < -0.39 is 0 Å². The summed E-state index contributed by atoms with van der Waals surface area (Å²) in [5.41, 5.74) is 6.28. The predicted octanol–water partition coefficient (Wildman–Crippen LogP) is 2.26. The molecule has 19 heavy (non-hydrogen) atoms. The normalized spacial score (nSPS) is 10.8. The number of nitrogen functional groups attached to an aromatic ring is 1. The number of nitrogens with two attached hydrogens (primary N) is 1. The molecule has 106 valence electrons. The lowest BCUT2D eigenvalue weighted by molar-refractivity contribution is 0.401. The first-order valence-electron chi connectivity index (χ1n) is 6.03. The molecule has 0 amide bonds. The topological polar surface area (TPSA) is 56.4 Å².